The van der Waals surface area contributed by atoms with Crippen LogP contribution in [0.4, 0.5) is 0 Å². The summed E-state index contributed by atoms with van der Waals surface area (Å²) < 4.78 is 1.55. The van der Waals surface area contributed by atoms with Crippen molar-refractivity contribution in [2.24, 2.45) is 0 Å². The Labute approximate surface area is 298 Å². The summed E-state index contributed by atoms with van der Waals surface area (Å²) in [6.45, 7) is 27.4. The van der Waals surface area contributed by atoms with E-state index in [0.29, 0.717) is 0 Å². The van der Waals surface area contributed by atoms with Gasteiger partial charge in [0.1, 0.15) is 0 Å². The predicted molar refractivity (Wildman–Crippen MR) is 186 cm³/mol. The van der Waals surface area contributed by atoms with E-state index < -0.39 is 8.07 Å². The van der Waals surface area contributed by atoms with Crippen molar-refractivity contribution in [2.75, 3.05) is 0 Å². The van der Waals surface area contributed by atoms with E-state index in [4.69, 9.17) is 0 Å². The van der Waals surface area contributed by atoms with Crippen LogP contribution in [-0.2, 0) is 41.5 Å². The zero-order valence-corrected chi connectivity index (χ0v) is 34.1. The van der Waals surface area contributed by atoms with Crippen LogP contribution >= 0.6 is 0 Å². The second-order valence-corrected chi connectivity index (χ2v) is 21.4. The summed E-state index contributed by atoms with van der Waals surface area (Å²) in [5, 5.41) is 1.62. The maximum absolute atomic E-state index is 3.53. The van der Waals surface area contributed by atoms with Gasteiger partial charge in [0, 0.05) is 8.07 Å². The van der Waals surface area contributed by atoms with E-state index in [1.807, 2.05) is 0 Å². The second-order valence-electron chi connectivity index (χ2n) is 14.9. The molecule has 0 heterocycles. The Kier molecular flexibility index (Phi) is 15.1. The van der Waals surface area contributed by atoms with Gasteiger partial charge in [0.15, 0.2) is 0 Å². The topological polar surface area (TPSA) is 0 Å². The van der Waals surface area contributed by atoms with Gasteiger partial charge in [-0.2, -0.15) is 51.7 Å². The van der Waals surface area contributed by atoms with Gasteiger partial charge in [0.05, 0.1) is 0 Å². The molecule has 1 aliphatic carbocycles. The minimum atomic E-state index is -1.06. The Hall–Kier alpha value is -1.44. The van der Waals surface area contributed by atoms with Crippen LogP contribution in [0.3, 0.4) is 0 Å². The number of aryl methyl sites for hydroxylation is 2. The summed E-state index contributed by atoms with van der Waals surface area (Å²) in [7, 11) is -1.06. The summed E-state index contributed by atoms with van der Waals surface area (Å²) in [4.78, 5) is 0. The SMILES string of the molecule is CC(C)(C)c1c[c-]c2c(c1)-c1cc(C(C)(C)C)ccc1C2.CC[C](=[Zr+2])c1ccccc1.Cc1cc([Si](C)(C)C)c(C)[cH-]1.[Cl-].[Cl-]. The largest absolute Gasteiger partial charge is 1.00 e. The third-order valence-electron chi connectivity index (χ3n) is 8.05. The van der Waals surface area contributed by atoms with E-state index in [0.717, 1.165) is 6.42 Å². The fourth-order valence-corrected chi connectivity index (χ4v) is 7.76. The molecule has 0 aromatic heterocycles. The van der Waals surface area contributed by atoms with E-state index >= 15 is 0 Å². The predicted octanol–water partition coefficient (Wildman–Crippen LogP) is 4.39. The molecule has 0 saturated carbocycles. The van der Waals surface area contributed by atoms with Crippen molar-refractivity contribution in [2.45, 2.75) is 106 Å². The normalized spacial score (nSPS) is 11.9. The minimum absolute atomic E-state index is 0. The van der Waals surface area contributed by atoms with Gasteiger partial charge < -0.3 is 24.8 Å². The van der Waals surface area contributed by atoms with E-state index in [9.17, 15) is 0 Å². The van der Waals surface area contributed by atoms with Gasteiger partial charge in [0.2, 0.25) is 0 Å². The molecule has 0 bridgehead atoms. The fraction of sp³-hybridized carbons (Fsp3) is 0.400. The Morgan fingerprint density at radius 3 is 1.84 bits per heavy atom. The molecule has 5 rings (SSSR count). The van der Waals surface area contributed by atoms with Crippen LogP contribution in [0.5, 0.6) is 0 Å². The number of fused-ring (bicyclic) bond motifs is 3. The van der Waals surface area contributed by atoms with Crippen LogP contribution in [0.2, 0.25) is 19.6 Å². The molecule has 0 atom stereocenters. The van der Waals surface area contributed by atoms with Gasteiger partial charge in [-0.15, -0.1) is 5.56 Å². The molecule has 0 N–H and O–H groups in total. The Morgan fingerprint density at radius 2 is 1.39 bits per heavy atom. The van der Waals surface area contributed by atoms with E-state index in [2.05, 4.69) is 161 Å². The van der Waals surface area contributed by atoms with Crippen molar-refractivity contribution in [1.29, 1.82) is 0 Å². The van der Waals surface area contributed by atoms with E-state index in [1.54, 1.807) is 8.39 Å². The molecule has 0 spiro atoms. The summed E-state index contributed by atoms with van der Waals surface area (Å²) >= 11 is 1.54. The van der Waals surface area contributed by atoms with Crippen LogP contribution in [-0.4, -0.2) is 11.3 Å². The van der Waals surface area contributed by atoms with Crippen molar-refractivity contribution in [3.63, 3.8) is 0 Å². The van der Waals surface area contributed by atoms with Crippen LogP contribution in [0.15, 0.2) is 72.8 Å². The van der Waals surface area contributed by atoms with Gasteiger partial charge in [-0.05, 0) is 17.4 Å². The Morgan fingerprint density at radius 1 is 0.818 bits per heavy atom. The van der Waals surface area contributed by atoms with E-state index in [1.165, 1.54) is 80.7 Å². The first kappa shape index (κ1) is 40.6. The van der Waals surface area contributed by atoms with Gasteiger partial charge in [0.25, 0.3) is 0 Å². The summed E-state index contributed by atoms with van der Waals surface area (Å²) in [5.41, 5.74) is 13.1. The molecule has 0 radical (unpaired) electrons. The molecular formula is C40H52Cl2SiZr-2. The molecule has 44 heavy (non-hydrogen) atoms. The van der Waals surface area contributed by atoms with Gasteiger partial charge in [-0.1, -0.05) is 110 Å². The molecule has 0 nitrogen and oxygen atoms in total. The molecular weight excluding hydrogens is 671 g/mol. The summed E-state index contributed by atoms with van der Waals surface area (Å²) in [6, 6.07) is 30.3. The van der Waals surface area contributed by atoms with Crippen molar-refractivity contribution >= 4 is 16.5 Å². The molecule has 4 heteroatoms. The Balaban J connectivity index is 0.000000358. The van der Waals surface area contributed by atoms with Crippen molar-refractivity contribution in [3.8, 4) is 11.1 Å². The van der Waals surface area contributed by atoms with Crippen LogP contribution in [0, 0.1) is 19.9 Å². The fourth-order valence-electron chi connectivity index (χ4n) is 5.44. The Bertz CT molecular complexity index is 1450. The van der Waals surface area contributed by atoms with Crippen LogP contribution < -0.4 is 30.0 Å². The monoisotopic (exact) mass is 720 g/mol. The van der Waals surface area contributed by atoms with Crippen molar-refractivity contribution in [1.82, 2.24) is 0 Å². The zero-order chi connectivity index (χ0) is 31.5. The number of benzene rings is 3. The molecule has 4 aromatic rings. The molecule has 4 aromatic carbocycles. The maximum atomic E-state index is 3.53. The first-order valence-electron chi connectivity index (χ1n) is 15.5. The van der Waals surface area contributed by atoms with Crippen LogP contribution in [0.25, 0.3) is 11.1 Å². The number of halogens is 2. The minimum Gasteiger partial charge on any atom is -1.00 e. The molecule has 236 valence electrons. The third-order valence-corrected chi connectivity index (χ3v) is 11.8. The molecule has 0 unspecified atom stereocenters. The third kappa shape index (κ3) is 10.8. The number of hydrogen-bond acceptors (Lipinski definition) is 0. The first-order valence-corrected chi connectivity index (χ1v) is 20.2. The van der Waals surface area contributed by atoms with Gasteiger partial charge in [-0.25, -0.2) is 6.07 Å². The van der Waals surface area contributed by atoms with Gasteiger partial charge >= 0.3 is 76.7 Å². The van der Waals surface area contributed by atoms with Crippen molar-refractivity contribution in [3.05, 3.63) is 118 Å². The number of rotatable bonds is 3. The second kappa shape index (κ2) is 16.4. The first-order chi connectivity index (χ1) is 19.4. The summed E-state index contributed by atoms with van der Waals surface area (Å²) in [5.74, 6) is 0. The maximum Gasteiger partial charge on any atom is 0.00418 e. The average Bonchev–Trinajstić information content (AvgIpc) is 3.46. The molecule has 1 aliphatic rings. The standard InChI is InChI=1S/C21H25.C10H17Si.C9H10.2ClH.Zr/c1-20(2,3)16-9-7-14-11-15-8-10-17(21(4,5)6)13-19(15)18(14)12-16;1-8-6-9(2)10(7-8)11(3,4)5;1-2-6-9-7-4-3-5-8-9;;;/h7,9-10,12-13H,11H2,1-6H3;6-7H,1-5H3;3-5,7-8H,2H2,1H3;2*1H;/q2*-1;;;;+2/p-2. The van der Waals surface area contributed by atoms with Crippen LogP contribution in [0.1, 0.15) is 93.8 Å². The smallest absolute Gasteiger partial charge is 0.00418 e. The van der Waals surface area contributed by atoms with Crippen molar-refractivity contribution < 1.29 is 49.0 Å². The number of hydrogen-bond donors (Lipinski definition) is 0. The molecule has 0 amide bonds. The molecule has 0 saturated heterocycles. The van der Waals surface area contributed by atoms with E-state index in [-0.39, 0.29) is 35.6 Å². The quantitative estimate of drug-likeness (QED) is 0.192. The average molecular weight is 723 g/mol. The molecule has 0 aliphatic heterocycles. The zero-order valence-electron chi connectivity index (χ0n) is 29.1. The van der Waals surface area contributed by atoms with Gasteiger partial charge in [-0.3, -0.25) is 0 Å². The molecule has 0 fully saturated rings. The summed E-state index contributed by atoms with van der Waals surface area (Å²) in [6.07, 6.45) is 2.21.